The lowest BCUT2D eigenvalue weighted by molar-refractivity contribution is -0.144. The Kier molecular flexibility index (Phi) is 9.23. The summed E-state index contributed by atoms with van der Waals surface area (Å²) in [5, 5.41) is 24.5. The average Bonchev–Trinajstić information content (AvgIpc) is 3.80. The zero-order chi connectivity index (χ0) is 34.3. The third kappa shape index (κ3) is 6.02. The molecule has 0 spiro atoms. The Bertz CT molecular complexity index is 1880. The quantitative estimate of drug-likeness (QED) is 0.126. The monoisotopic (exact) mass is 648 g/mol. The molecule has 0 amide bonds. The van der Waals surface area contributed by atoms with Crippen LogP contribution in [0.25, 0.3) is 0 Å². The van der Waals surface area contributed by atoms with Crippen LogP contribution in [0.4, 0.5) is 0 Å². The second-order valence-corrected chi connectivity index (χ2v) is 13.2. The third-order valence-corrected chi connectivity index (χ3v) is 10.2. The van der Waals surface area contributed by atoms with Gasteiger partial charge >= 0.3 is 11.9 Å². The second kappa shape index (κ2) is 13.4. The van der Waals surface area contributed by atoms with Crippen molar-refractivity contribution in [2.24, 2.45) is 26.8 Å². The van der Waals surface area contributed by atoms with Gasteiger partial charge in [-0.2, -0.15) is 0 Å². The van der Waals surface area contributed by atoms with E-state index < -0.39 is 5.97 Å². The van der Waals surface area contributed by atoms with Crippen LogP contribution >= 0.6 is 0 Å². The summed E-state index contributed by atoms with van der Waals surface area (Å²) in [6, 6.07) is 0. The summed E-state index contributed by atoms with van der Waals surface area (Å²) in [5.74, 6) is -0.988. The maximum Gasteiger partial charge on any atom is 0.328 e. The summed E-state index contributed by atoms with van der Waals surface area (Å²) in [5.41, 5.74) is 12.7. The highest BCUT2D eigenvalue weighted by Gasteiger charge is 2.41. The molecule has 9 heteroatoms. The molecule has 250 valence electrons. The number of allylic oxidation sites excluding steroid dienone is 12. The molecule has 48 heavy (non-hydrogen) atoms. The molecule has 8 bridgehead atoms. The maximum atomic E-state index is 12.8. The van der Waals surface area contributed by atoms with E-state index in [-0.39, 0.29) is 24.2 Å². The number of carboxylic acid groups (broad SMARTS) is 1. The number of aliphatic hydroxyl groups excluding tert-OH is 1. The number of aliphatic carboxylic acids is 1. The average molecular weight is 649 g/mol. The number of carboxylic acids is 1. The van der Waals surface area contributed by atoms with E-state index in [1.165, 1.54) is 0 Å². The van der Waals surface area contributed by atoms with E-state index >= 15 is 0 Å². The number of nitrogens with zero attached hydrogens (tertiary/aromatic N) is 3. The van der Waals surface area contributed by atoms with Gasteiger partial charge < -0.3 is 20.3 Å². The molecule has 1 fully saturated rings. The topological polar surface area (TPSA) is 133 Å². The molecule has 6 rings (SSSR count). The number of nitrogens with one attached hydrogen (secondary N) is 1. The Morgan fingerprint density at radius 1 is 1.00 bits per heavy atom. The van der Waals surface area contributed by atoms with Crippen molar-refractivity contribution in [1.82, 2.24) is 5.32 Å². The number of aliphatic hydroxyl groups is 1. The third-order valence-electron chi connectivity index (χ3n) is 10.2. The lowest BCUT2D eigenvalue weighted by Gasteiger charge is -2.17. The Morgan fingerprint density at radius 3 is 2.48 bits per heavy atom. The molecule has 3 N–H and O–H groups in total. The van der Waals surface area contributed by atoms with E-state index in [0.29, 0.717) is 30.9 Å². The number of fused-ring (bicyclic) bond motifs is 5. The summed E-state index contributed by atoms with van der Waals surface area (Å²) in [6.45, 7) is 12.8. The van der Waals surface area contributed by atoms with Crippen molar-refractivity contribution in [3.05, 3.63) is 104 Å². The van der Waals surface area contributed by atoms with Gasteiger partial charge in [0.15, 0.2) is 0 Å². The van der Waals surface area contributed by atoms with Crippen LogP contribution in [0, 0.1) is 11.8 Å². The van der Waals surface area contributed by atoms with Gasteiger partial charge in [0.25, 0.3) is 0 Å². The number of unbranched alkanes of at least 4 members (excludes halogenated alkanes) is 2. The predicted molar refractivity (Wildman–Crippen MR) is 189 cm³/mol. The minimum Gasteiger partial charge on any atom is -0.511 e. The normalized spacial score (nSPS) is 23.2. The highest BCUT2D eigenvalue weighted by molar-refractivity contribution is 6.21. The Balaban J connectivity index is 1.49. The van der Waals surface area contributed by atoms with Gasteiger partial charge in [-0.05, 0) is 86.6 Å². The van der Waals surface area contributed by atoms with Crippen LogP contribution in [0.3, 0.4) is 0 Å². The zero-order valence-corrected chi connectivity index (χ0v) is 28.7. The fraction of sp³-hybridized carbons (Fsp3) is 0.410. The molecule has 0 aromatic carbocycles. The van der Waals surface area contributed by atoms with E-state index in [4.69, 9.17) is 19.7 Å². The van der Waals surface area contributed by atoms with Gasteiger partial charge in [0.1, 0.15) is 5.76 Å². The van der Waals surface area contributed by atoms with Crippen molar-refractivity contribution in [1.29, 1.82) is 0 Å². The Morgan fingerprint density at radius 2 is 1.75 bits per heavy atom. The van der Waals surface area contributed by atoms with E-state index in [2.05, 4.69) is 26.1 Å². The molecule has 5 aliphatic heterocycles. The standard InChI is InChI=1S/C39H44N4O5/c1-7-9-10-15-48-36(47)14-12-26-22(5)30-17-28-21(4)25(11-13-35(45)46)33(41-28)18-29-20(3)24(8-2)32(40-29)19-31-23(6)37-34(44)16-27(38(26)42-30)39(37)43-31/h11,13,17-19,22,26,42,44H,7-10,12,14-16H2,1-6H3,(H,45,46)/b13-11+,30-17?,32-19?,33-18?,38-27?/t22-,26-/m0/s1. The largest absolute Gasteiger partial charge is 0.511 e. The second-order valence-electron chi connectivity index (χ2n) is 13.2. The summed E-state index contributed by atoms with van der Waals surface area (Å²) in [6.07, 6.45) is 13.6. The van der Waals surface area contributed by atoms with Crippen molar-refractivity contribution in [2.45, 2.75) is 86.5 Å². The van der Waals surface area contributed by atoms with Gasteiger partial charge in [-0.3, -0.25) is 4.79 Å². The van der Waals surface area contributed by atoms with Crippen LogP contribution in [0.2, 0.25) is 0 Å². The molecule has 0 aromatic rings. The molecule has 1 saturated heterocycles. The van der Waals surface area contributed by atoms with Gasteiger partial charge in [-0.25, -0.2) is 19.8 Å². The van der Waals surface area contributed by atoms with Crippen molar-refractivity contribution in [2.75, 3.05) is 6.61 Å². The van der Waals surface area contributed by atoms with Gasteiger partial charge in [-0.1, -0.05) is 33.6 Å². The maximum absolute atomic E-state index is 12.8. The SMILES string of the molecule is CCCCCOC(=O)CC[C@@H]1C2=C3CC(O)=C4C3=NC(=C4C)C=C3N=C(C=C4N=C(C=C(N2)[C@H]1C)C(C)=C4/C=C/C(=O)O)C(C)=C3CC. The van der Waals surface area contributed by atoms with Gasteiger partial charge in [0.05, 0.1) is 40.8 Å². The first-order chi connectivity index (χ1) is 23.0. The number of carbonyl (C=O) groups is 2. The summed E-state index contributed by atoms with van der Waals surface area (Å²) >= 11 is 0. The number of hydrogen-bond acceptors (Lipinski definition) is 8. The van der Waals surface area contributed by atoms with Crippen LogP contribution in [0.1, 0.15) is 86.5 Å². The van der Waals surface area contributed by atoms with Crippen molar-refractivity contribution in [3.63, 3.8) is 0 Å². The number of aliphatic imine (C=N–C) groups is 3. The molecule has 2 atom stereocenters. The lowest BCUT2D eigenvalue weighted by atomic mass is 9.86. The van der Waals surface area contributed by atoms with E-state index in [1.807, 2.05) is 39.0 Å². The van der Waals surface area contributed by atoms with E-state index in [0.717, 1.165) is 111 Å². The van der Waals surface area contributed by atoms with Crippen molar-refractivity contribution < 1.29 is 24.5 Å². The van der Waals surface area contributed by atoms with Gasteiger partial charge in [-0.15, -0.1) is 0 Å². The number of hydrogen-bond donors (Lipinski definition) is 3. The van der Waals surface area contributed by atoms with Crippen LogP contribution in [-0.4, -0.2) is 45.9 Å². The molecular formula is C39H44N4O5. The minimum absolute atomic E-state index is 0.000801. The smallest absolute Gasteiger partial charge is 0.328 e. The summed E-state index contributed by atoms with van der Waals surface area (Å²) in [4.78, 5) is 39.5. The molecule has 0 unspecified atom stereocenters. The predicted octanol–water partition coefficient (Wildman–Crippen LogP) is 7.81. The van der Waals surface area contributed by atoms with Crippen LogP contribution in [0.15, 0.2) is 119 Å². The molecule has 0 aromatic heterocycles. The summed E-state index contributed by atoms with van der Waals surface area (Å²) < 4.78 is 5.55. The first kappa shape index (κ1) is 33.1. The molecule has 5 heterocycles. The molecule has 6 aliphatic rings. The zero-order valence-electron chi connectivity index (χ0n) is 28.7. The van der Waals surface area contributed by atoms with Crippen molar-refractivity contribution >= 4 is 29.1 Å². The molecule has 1 aliphatic carbocycles. The molecule has 9 nitrogen and oxygen atoms in total. The lowest BCUT2D eigenvalue weighted by Crippen LogP contribution is -2.16. The Hall–Kier alpha value is -4.79. The fourth-order valence-electron chi connectivity index (χ4n) is 7.37. The summed E-state index contributed by atoms with van der Waals surface area (Å²) in [7, 11) is 0. The molecule has 0 radical (unpaired) electrons. The van der Waals surface area contributed by atoms with Gasteiger partial charge in [0, 0.05) is 58.9 Å². The molecule has 0 saturated carbocycles. The van der Waals surface area contributed by atoms with Crippen LogP contribution in [-0.2, 0) is 14.3 Å². The van der Waals surface area contributed by atoms with E-state index in [9.17, 15) is 19.8 Å². The number of carbonyl (C=O) groups excluding carboxylic acids is 1. The van der Waals surface area contributed by atoms with Crippen LogP contribution in [0.5, 0.6) is 0 Å². The van der Waals surface area contributed by atoms with Crippen molar-refractivity contribution in [3.8, 4) is 0 Å². The first-order valence-corrected chi connectivity index (χ1v) is 17.1. The van der Waals surface area contributed by atoms with Crippen LogP contribution < -0.4 is 5.32 Å². The van der Waals surface area contributed by atoms with Gasteiger partial charge in [0.2, 0.25) is 0 Å². The van der Waals surface area contributed by atoms with E-state index in [1.54, 1.807) is 6.08 Å². The first-order valence-electron chi connectivity index (χ1n) is 17.1. The fourth-order valence-corrected chi connectivity index (χ4v) is 7.37. The number of esters is 1. The highest BCUT2D eigenvalue weighted by Crippen LogP contribution is 2.46. The molecular weight excluding hydrogens is 604 g/mol. The number of rotatable bonds is 10. The highest BCUT2D eigenvalue weighted by atomic mass is 16.5. The minimum atomic E-state index is -1.03. The number of ether oxygens (including phenoxy) is 1. The Labute approximate surface area is 282 Å².